The summed E-state index contributed by atoms with van der Waals surface area (Å²) in [4.78, 5) is 4.30. The van der Waals surface area contributed by atoms with Crippen molar-refractivity contribution in [2.45, 2.75) is 0 Å². The molecule has 0 spiro atoms. The highest BCUT2D eigenvalue weighted by molar-refractivity contribution is 6.32. The molecule has 0 saturated carbocycles. The van der Waals surface area contributed by atoms with E-state index in [9.17, 15) is 5.26 Å². The number of halogens is 1. The third-order valence-electron chi connectivity index (χ3n) is 12.1. The van der Waals surface area contributed by atoms with Gasteiger partial charge in [0.05, 0.1) is 17.3 Å². The number of benzene rings is 11. The molecule has 0 aliphatic carbocycles. The third kappa shape index (κ3) is 6.70. The molecule has 0 radical (unpaired) electrons. The monoisotopic (exact) mass is 807 g/mol. The molecule has 11 aromatic rings. The first-order valence-electron chi connectivity index (χ1n) is 21.1. The standard InChI is InChI=1S/C59H38FN3/c60-57-37-44(41-15-5-1-6-16-41)36-55(42-17-7-2-8-18-42)59(57)63(47-28-25-40(39-61)26-29-47)49-31-34-52-54-32-27-43-35-48(62(45-19-9-3-10-20-45)46-21-11-4-12-22-46)30-33-50(43)58(54)53-24-14-13-23-51(53)56(52)38-49/h1-38H. The molecular formula is C59H38FN3. The Morgan fingerprint density at radius 2 is 0.841 bits per heavy atom. The Hall–Kier alpha value is -8.52. The first kappa shape index (κ1) is 37.5. The molecular weight excluding hydrogens is 770 g/mol. The van der Waals surface area contributed by atoms with Crippen LogP contribution in [0.15, 0.2) is 231 Å². The summed E-state index contributed by atoms with van der Waals surface area (Å²) in [5.74, 6) is -0.355. The van der Waals surface area contributed by atoms with Crippen LogP contribution in [0.2, 0.25) is 0 Å². The van der Waals surface area contributed by atoms with Gasteiger partial charge in [-0.1, -0.05) is 146 Å². The molecule has 0 atom stereocenters. The van der Waals surface area contributed by atoms with Crippen molar-refractivity contribution in [2.75, 3.05) is 9.80 Å². The zero-order valence-electron chi connectivity index (χ0n) is 34.2. The van der Waals surface area contributed by atoms with Crippen LogP contribution < -0.4 is 9.80 Å². The van der Waals surface area contributed by atoms with Crippen molar-refractivity contribution in [3.63, 3.8) is 0 Å². The Bertz CT molecular complexity index is 3450. The van der Waals surface area contributed by atoms with Crippen molar-refractivity contribution in [1.29, 1.82) is 5.26 Å². The minimum atomic E-state index is -0.355. The van der Waals surface area contributed by atoms with E-state index >= 15 is 4.39 Å². The lowest BCUT2D eigenvalue weighted by Crippen LogP contribution is -2.13. The maximum atomic E-state index is 17.3. The van der Waals surface area contributed by atoms with Crippen molar-refractivity contribution in [3.05, 3.63) is 242 Å². The van der Waals surface area contributed by atoms with Gasteiger partial charge in [-0.2, -0.15) is 5.26 Å². The van der Waals surface area contributed by atoms with Gasteiger partial charge in [0.15, 0.2) is 0 Å². The lowest BCUT2D eigenvalue weighted by molar-refractivity contribution is 0.630. The Kier molecular flexibility index (Phi) is 9.41. The number of para-hydroxylation sites is 2. The van der Waals surface area contributed by atoms with Gasteiger partial charge in [-0.25, -0.2) is 4.39 Å². The molecule has 11 rings (SSSR count). The largest absolute Gasteiger partial charge is 0.310 e. The number of rotatable bonds is 8. The Labute approximate surface area is 365 Å². The molecule has 0 saturated heterocycles. The van der Waals surface area contributed by atoms with Crippen molar-refractivity contribution < 1.29 is 4.39 Å². The normalized spacial score (nSPS) is 11.2. The van der Waals surface area contributed by atoms with Crippen molar-refractivity contribution in [1.82, 2.24) is 0 Å². The summed E-state index contributed by atoms with van der Waals surface area (Å²) in [6.45, 7) is 0. The predicted molar refractivity (Wildman–Crippen MR) is 261 cm³/mol. The first-order chi connectivity index (χ1) is 31.1. The van der Waals surface area contributed by atoms with Gasteiger partial charge in [-0.3, -0.25) is 0 Å². The van der Waals surface area contributed by atoms with Gasteiger partial charge < -0.3 is 9.80 Å². The highest BCUT2D eigenvalue weighted by Crippen LogP contribution is 2.47. The lowest BCUT2D eigenvalue weighted by Gasteiger charge is -2.29. The van der Waals surface area contributed by atoms with E-state index in [2.05, 4.69) is 138 Å². The van der Waals surface area contributed by atoms with Crippen LogP contribution in [0.25, 0.3) is 65.3 Å². The molecule has 63 heavy (non-hydrogen) atoms. The molecule has 0 fully saturated rings. The average Bonchev–Trinajstić information content (AvgIpc) is 3.35. The average molecular weight is 808 g/mol. The third-order valence-corrected chi connectivity index (χ3v) is 12.1. The fourth-order valence-corrected chi connectivity index (χ4v) is 9.19. The highest BCUT2D eigenvalue weighted by atomic mass is 19.1. The second kappa shape index (κ2) is 15.8. The molecule has 0 aromatic heterocycles. The maximum absolute atomic E-state index is 17.3. The van der Waals surface area contributed by atoms with Crippen LogP contribution in [-0.4, -0.2) is 0 Å². The summed E-state index contributed by atoms with van der Waals surface area (Å²) in [5, 5.41) is 18.8. The van der Waals surface area contributed by atoms with Crippen LogP contribution in [-0.2, 0) is 0 Å². The molecule has 0 unspecified atom stereocenters. The minimum Gasteiger partial charge on any atom is -0.310 e. The smallest absolute Gasteiger partial charge is 0.148 e. The molecule has 0 N–H and O–H groups in total. The van der Waals surface area contributed by atoms with Crippen LogP contribution in [0.4, 0.5) is 38.5 Å². The Morgan fingerprint density at radius 3 is 1.49 bits per heavy atom. The van der Waals surface area contributed by atoms with Gasteiger partial charge in [-0.15, -0.1) is 0 Å². The number of hydrogen-bond donors (Lipinski definition) is 0. The molecule has 296 valence electrons. The van der Waals surface area contributed by atoms with Crippen molar-refractivity contribution >= 4 is 77.2 Å². The maximum Gasteiger partial charge on any atom is 0.148 e. The molecule has 4 heteroatoms. The van der Waals surface area contributed by atoms with E-state index in [0.29, 0.717) is 11.3 Å². The van der Waals surface area contributed by atoms with E-state index in [1.54, 1.807) is 18.2 Å². The van der Waals surface area contributed by atoms with Crippen LogP contribution >= 0.6 is 0 Å². The first-order valence-corrected chi connectivity index (χ1v) is 21.1. The molecule has 3 nitrogen and oxygen atoms in total. The molecule has 11 aromatic carbocycles. The molecule has 0 aliphatic heterocycles. The minimum absolute atomic E-state index is 0.355. The van der Waals surface area contributed by atoms with E-state index in [4.69, 9.17) is 0 Å². The number of hydrogen-bond acceptors (Lipinski definition) is 3. The van der Waals surface area contributed by atoms with Gasteiger partial charge in [-0.05, 0) is 145 Å². The molecule has 0 aliphatic rings. The summed E-state index contributed by atoms with van der Waals surface area (Å²) in [5.41, 5.74) is 9.13. The Balaban J connectivity index is 1.13. The van der Waals surface area contributed by atoms with Gasteiger partial charge >= 0.3 is 0 Å². The molecule has 0 bridgehead atoms. The van der Waals surface area contributed by atoms with Crippen LogP contribution in [0.1, 0.15) is 5.56 Å². The summed E-state index contributed by atoms with van der Waals surface area (Å²) >= 11 is 0. The predicted octanol–water partition coefficient (Wildman–Crippen LogP) is 16.6. The summed E-state index contributed by atoms with van der Waals surface area (Å²) in [6, 6.07) is 80.6. The summed E-state index contributed by atoms with van der Waals surface area (Å²) in [7, 11) is 0. The van der Waals surface area contributed by atoms with E-state index < -0.39 is 0 Å². The number of anilines is 6. The topological polar surface area (TPSA) is 30.3 Å². The van der Waals surface area contributed by atoms with Crippen LogP contribution in [0.5, 0.6) is 0 Å². The fraction of sp³-hybridized carbons (Fsp3) is 0. The SMILES string of the molecule is N#Cc1ccc(N(c2ccc3c(c2)c2ccccc2c2c4ccc(N(c5ccccc5)c5ccccc5)cc4ccc32)c2c(F)cc(-c3ccccc3)cc2-c2ccccc2)cc1. The quantitative estimate of drug-likeness (QED) is 0.143. The van der Waals surface area contributed by atoms with Crippen LogP contribution in [0.3, 0.4) is 0 Å². The Morgan fingerprint density at radius 1 is 0.349 bits per heavy atom. The second-order valence-electron chi connectivity index (χ2n) is 15.8. The zero-order valence-corrected chi connectivity index (χ0v) is 34.2. The number of nitrogens with zero attached hydrogens (tertiary/aromatic N) is 3. The molecule has 0 amide bonds. The van der Waals surface area contributed by atoms with Gasteiger partial charge in [0.1, 0.15) is 5.82 Å². The number of nitriles is 1. The highest BCUT2D eigenvalue weighted by Gasteiger charge is 2.24. The molecule has 0 heterocycles. The van der Waals surface area contributed by atoms with Gasteiger partial charge in [0.2, 0.25) is 0 Å². The van der Waals surface area contributed by atoms with Gasteiger partial charge in [0.25, 0.3) is 0 Å². The fourth-order valence-electron chi connectivity index (χ4n) is 9.19. The summed E-state index contributed by atoms with van der Waals surface area (Å²) < 4.78 is 17.3. The van der Waals surface area contributed by atoms with Crippen molar-refractivity contribution in [3.8, 4) is 28.3 Å². The lowest BCUT2D eigenvalue weighted by atomic mass is 9.90. The van der Waals surface area contributed by atoms with Crippen molar-refractivity contribution in [2.24, 2.45) is 0 Å². The zero-order chi connectivity index (χ0) is 42.3. The van der Waals surface area contributed by atoms with E-state index in [1.807, 2.05) is 89.8 Å². The number of fused-ring (bicyclic) bond motifs is 8. The summed E-state index contributed by atoms with van der Waals surface area (Å²) in [6.07, 6.45) is 0. The van der Waals surface area contributed by atoms with Gasteiger partial charge in [0, 0.05) is 34.0 Å². The second-order valence-corrected chi connectivity index (χ2v) is 15.8. The van der Waals surface area contributed by atoms with E-state index in [1.165, 1.54) is 10.8 Å². The van der Waals surface area contributed by atoms with E-state index in [-0.39, 0.29) is 5.82 Å². The van der Waals surface area contributed by atoms with E-state index in [0.717, 1.165) is 83.0 Å². The van der Waals surface area contributed by atoms with Crippen LogP contribution in [0, 0.1) is 17.1 Å².